The van der Waals surface area contributed by atoms with Crippen molar-refractivity contribution < 1.29 is 37.0 Å². The molecule has 2 atom stereocenters. The number of benzene rings is 1. The van der Waals surface area contributed by atoms with Crippen molar-refractivity contribution in [2.75, 3.05) is 32.7 Å². The van der Waals surface area contributed by atoms with Crippen molar-refractivity contribution in [3.63, 3.8) is 0 Å². The zero-order valence-electron chi connectivity index (χ0n) is 22.2. The predicted octanol–water partition coefficient (Wildman–Crippen LogP) is 3.43. The number of carbonyl (C=O) groups excluding carboxylic acids is 2. The summed E-state index contributed by atoms with van der Waals surface area (Å²) in [6, 6.07) is 5.41. The number of alkyl halides is 3. The largest absolute Gasteiger partial charge is 0.573 e. The Bertz CT molecular complexity index is 1100. The van der Waals surface area contributed by atoms with E-state index in [1.54, 1.807) is 15.9 Å². The summed E-state index contributed by atoms with van der Waals surface area (Å²) in [6.07, 6.45) is -1.92. The van der Waals surface area contributed by atoms with Crippen LogP contribution in [0.15, 0.2) is 40.5 Å². The van der Waals surface area contributed by atoms with Crippen molar-refractivity contribution in [1.29, 1.82) is 0 Å². The van der Waals surface area contributed by atoms with E-state index in [0.717, 1.165) is 12.0 Å². The van der Waals surface area contributed by atoms with Gasteiger partial charge >= 0.3 is 6.36 Å². The average Bonchev–Trinajstić information content (AvgIpc) is 3.34. The number of aliphatic imine (C=N–C) groups is 1. The number of rotatable bonds is 6. The van der Waals surface area contributed by atoms with Crippen LogP contribution in [0.4, 0.5) is 13.2 Å². The molecular weight excluding hydrogens is 517 g/mol. The molecule has 3 aliphatic rings. The van der Waals surface area contributed by atoms with Gasteiger partial charge in [0, 0.05) is 56.4 Å². The highest BCUT2D eigenvalue weighted by Crippen LogP contribution is 2.28. The minimum absolute atomic E-state index is 0.0335. The minimum atomic E-state index is -4.77. The lowest BCUT2D eigenvalue weighted by Crippen LogP contribution is -2.49. The molecule has 2 heterocycles. The Kier molecular flexibility index (Phi) is 9.04. The number of nitrogens with zero attached hydrogens (tertiary/aromatic N) is 3. The number of amides is 2. The maximum atomic E-state index is 13.0. The van der Waals surface area contributed by atoms with E-state index in [9.17, 15) is 22.8 Å². The van der Waals surface area contributed by atoms with Crippen LogP contribution < -0.4 is 15.2 Å². The lowest BCUT2D eigenvalue weighted by molar-refractivity contribution is -0.274. The van der Waals surface area contributed by atoms with Crippen molar-refractivity contribution in [1.82, 2.24) is 9.80 Å². The Hall–Kier alpha value is -3.28. The molecule has 2 N–H and O–H groups in total. The van der Waals surface area contributed by atoms with E-state index >= 15 is 0 Å². The van der Waals surface area contributed by atoms with Gasteiger partial charge in [0.05, 0.1) is 12.2 Å². The third-order valence-electron chi connectivity index (χ3n) is 6.99. The van der Waals surface area contributed by atoms with Crippen molar-refractivity contribution in [3.8, 4) is 11.5 Å². The van der Waals surface area contributed by atoms with Crippen LogP contribution in [0.5, 0.6) is 11.5 Å². The van der Waals surface area contributed by atoms with E-state index in [1.165, 1.54) is 18.2 Å². The number of carbonyl (C=O) groups is 2. The molecule has 214 valence electrons. The summed E-state index contributed by atoms with van der Waals surface area (Å²) < 4.78 is 52.9. The molecule has 0 unspecified atom stereocenters. The Balaban J connectivity index is 1.29. The Morgan fingerprint density at radius 1 is 1.08 bits per heavy atom. The number of morpholine rings is 1. The summed E-state index contributed by atoms with van der Waals surface area (Å²) in [7, 11) is 0. The summed E-state index contributed by atoms with van der Waals surface area (Å²) >= 11 is 0. The van der Waals surface area contributed by atoms with Crippen molar-refractivity contribution in [3.05, 3.63) is 35.5 Å². The van der Waals surface area contributed by atoms with Crippen LogP contribution in [0, 0.1) is 0 Å². The van der Waals surface area contributed by atoms with Gasteiger partial charge in [0.15, 0.2) is 0 Å². The number of nitrogens with two attached hydrogens (primary N) is 1. The van der Waals surface area contributed by atoms with Crippen LogP contribution in [0.2, 0.25) is 0 Å². The molecule has 9 nitrogen and oxygen atoms in total. The summed E-state index contributed by atoms with van der Waals surface area (Å²) in [5.74, 6) is -0.413. The first-order valence-corrected chi connectivity index (χ1v) is 13.3. The molecule has 2 aliphatic heterocycles. The Morgan fingerprint density at radius 3 is 2.41 bits per heavy atom. The molecule has 39 heavy (non-hydrogen) atoms. The molecular formula is C27H35F3N4O5. The third-order valence-corrected chi connectivity index (χ3v) is 6.99. The second-order valence-electron chi connectivity index (χ2n) is 10.2. The second-order valence-corrected chi connectivity index (χ2v) is 10.2. The van der Waals surface area contributed by atoms with Crippen LogP contribution in [-0.4, -0.2) is 84.7 Å². The number of hydrogen-bond donors (Lipinski definition) is 1. The fourth-order valence-corrected chi connectivity index (χ4v) is 5.26. The topological polar surface area (TPSA) is 107 Å². The molecule has 2 amide bonds. The van der Waals surface area contributed by atoms with Gasteiger partial charge in [-0.05, 0) is 45.2 Å². The van der Waals surface area contributed by atoms with Gasteiger partial charge in [-0.1, -0.05) is 6.07 Å². The van der Waals surface area contributed by atoms with Crippen LogP contribution in [0.25, 0.3) is 0 Å². The van der Waals surface area contributed by atoms with Gasteiger partial charge in [-0.25, -0.2) is 0 Å². The van der Waals surface area contributed by atoms with Crippen LogP contribution >= 0.6 is 0 Å². The van der Waals surface area contributed by atoms with Crippen LogP contribution in [0.3, 0.4) is 0 Å². The van der Waals surface area contributed by atoms with E-state index in [0.29, 0.717) is 57.6 Å². The van der Waals surface area contributed by atoms with Crippen molar-refractivity contribution in [2.24, 2.45) is 10.7 Å². The molecule has 1 aromatic carbocycles. The first-order chi connectivity index (χ1) is 18.5. The molecule has 12 heteroatoms. The Morgan fingerprint density at radius 2 is 1.74 bits per heavy atom. The number of ether oxygens (including phenoxy) is 3. The highest BCUT2D eigenvalue weighted by atomic mass is 19.4. The third kappa shape index (κ3) is 7.87. The number of likely N-dealkylation sites (tertiary alicyclic amines) is 1. The summed E-state index contributed by atoms with van der Waals surface area (Å²) in [5.41, 5.74) is 7.93. The smallest absolute Gasteiger partial charge is 0.490 e. The normalized spacial score (nSPS) is 25.1. The van der Waals surface area contributed by atoms with Crippen LogP contribution in [-0.2, 0) is 14.3 Å². The second kappa shape index (κ2) is 12.3. The molecule has 1 saturated carbocycles. The summed E-state index contributed by atoms with van der Waals surface area (Å²) in [5, 5.41) is 0. The zero-order valence-corrected chi connectivity index (χ0v) is 22.2. The molecule has 0 radical (unpaired) electrons. The zero-order chi connectivity index (χ0) is 28.2. The number of allylic oxidation sites excluding steroid dienone is 1. The van der Waals surface area contributed by atoms with Gasteiger partial charge < -0.3 is 29.7 Å². The number of hydrogen-bond acceptors (Lipinski definition) is 7. The first-order valence-electron chi connectivity index (χ1n) is 13.3. The van der Waals surface area contributed by atoms with Gasteiger partial charge in [-0.15, -0.1) is 13.2 Å². The molecule has 0 spiro atoms. The molecule has 4 rings (SSSR count). The van der Waals surface area contributed by atoms with E-state index in [4.69, 9.17) is 15.2 Å². The van der Waals surface area contributed by atoms with Gasteiger partial charge in [0.1, 0.15) is 29.8 Å². The van der Waals surface area contributed by atoms with Gasteiger partial charge in [0.2, 0.25) is 5.91 Å². The van der Waals surface area contributed by atoms with E-state index in [1.807, 2.05) is 13.8 Å². The summed E-state index contributed by atoms with van der Waals surface area (Å²) in [6.45, 7) is 5.67. The molecule has 1 aliphatic carbocycles. The fraction of sp³-hybridized carbons (Fsp3) is 0.593. The predicted molar refractivity (Wildman–Crippen MR) is 137 cm³/mol. The van der Waals surface area contributed by atoms with Gasteiger partial charge in [-0.2, -0.15) is 0 Å². The first kappa shape index (κ1) is 28.7. The minimum Gasteiger partial charge on any atom is -0.490 e. The average molecular weight is 553 g/mol. The molecule has 1 aromatic rings. The molecule has 3 fully saturated rings. The maximum absolute atomic E-state index is 13.0. The quantitative estimate of drug-likeness (QED) is 0.542. The summed E-state index contributed by atoms with van der Waals surface area (Å²) in [4.78, 5) is 33.8. The lowest BCUT2D eigenvalue weighted by atomic mass is 10.1. The fourth-order valence-electron chi connectivity index (χ4n) is 5.26. The van der Waals surface area contributed by atoms with Gasteiger partial charge in [-0.3, -0.25) is 14.6 Å². The number of piperidine rings is 1. The highest BCUT2D eigenvalue weighted by molar-refractivity contribution is 6.09. The SMILES string of the molecule is C[C@@H]1CN(C(=O)C(N)=C2CCCC2=NCC(=O)N2CCC(Oc3cccc(OC(F)(F)F)c3)CC2)C[C@H](C)O1. The monoisotopic (exact) mass is 552 g/mol. The standard InChI is InChI=1S/C27H35F3N4O5/c1-17-15-34(16-18(2)37-17)26(36)25(31)22-7-4-8-23(22)32-14-24(35)33-11-9-19(10-12-33)38-20-5-3-6-21(13-20)39-27(28,29)30/h3,5-6,13,17-19H,4,7-12,14-16,31H2,1-2H3/t17-,18+. The van der Waals surface area contributed by atoms with Crippen molar-refractivity contribution in [2.45, 2.75) is 70.6 Å². The van der Waals surface area contributed by atoms with Crippen molar-refractivity contribution >= 4 is 17.5 Å². The van der Waals surface area contributed by atoms with E-state index in [2.05, 4.69) is 9.73 Å². The maximum Gasteiger partial charge on any atom is 0.573 e. The molecule has 0 bridgehead atoms. The molecule has 0 aromatic heterocycles. The number of halogens is 3. The van der Waals surface area contributed by atoms with E-state index < -0.39 is 6.36 Å². The molecule has 2 saturated heterocycles. The lowest BCUT2D eigenvalue weighted by Gasteiger charge is -2.35. The van der Waals surface area contributed by atoms with E-state index in [-0.39, 0.29) is 53.9 Å². The van der Waals surface area contributed by atoms with Gasteiger partial charge in [0.25, 0.3) is 5.91 Å². The highest BCUT2D eigenvalue weighted by Gasteiger charge is 2.32. The van der Waals surface area contributed by atoms with Crippen LogP contribution in [0.1, 0.15) is 46.0 Å². The Labute approximate surface area is 225 Å².